The summed E-state index contributed by atoms with van der Waals surface area (Å²) in [5.41, 5.74) is 2.24. The number of hydrogen-bond acceptors (Lipinski definition) is 6. The van der Waals surface area contributed by atoms with Crippen LogP contribution in [0.15, 0.2) is 77.7 Å². The lowest BCUT2D eigenvalue weighted by molar-refractivity contribution is 0.0600. The van der Waals surface area contributed by atoms with Gasteiger partial charge in [0.2, 0.25) is 9.84 Å². The van der Waals surface area contributed by atoms with Gasteiger partial charge in [-0.3, -0.25) is 0 Å². The molecule has 0 fully saturated rings. The van der Waals surface area contributed by atoms with E-state index in [1.54, 1.807) is 66.7 Å². The van der Waals surface area contributed by atoms with Gasteiger partial charge in [-0.2, -0.15) is 0 Å². The molecule has 2 bridgehead atoms. The highest BCUT2D eigenvalue weighted by atomic mass is 32.2. The summed E-state index contributed by atoms with van der Waals surface area (Å²) in [4.78, 5) is 11.9. The minimum absolute atomic E-state index is 0.221. The molecule has 0 spiro atoms. The lowest BCUT2D eigenvalue weighted by Crippen LogP contribution is -2.22. The maximum Gasteiger partial charge on any atom is 0.337 e. The van der Waals surface area contributed by atoms with Gasteiger partial charge in [-0.1, -0.05) is 30.3 Å². The Morgan fingerprint density at radius 3 is 2.55 bits per heavy atom. The molecule has 1 N–H and O–H groups in total. The normalized spacial score (nSPS) is 16.9. The summed E-state index contributed by atoms with van der Waals surface area (Å²) in [7, 11) is -2.46. The second kappa shape index (κ2) is 7.60. The number of carbonyl (C=O) groups excluding carboxylic acids is 1. The summed E-state index contributed by atoms with van der Waals surface area (Å²) in [5.74, 6) is 0.0457. The van der Waals surface area contributed by atoms with Gasteiger partial charge in [-0.05, 0) is 48.0 Å². The van der Waals surface area contributed by atoms with Crippen LogP contribution >= 0.6 is 0 Å². The van der Waals surface area contributed by atoms with E-state index in [0.717, 1.165) is 5.56 Å². The van der Waals surface area contributed by atoms with Crippen molar-refractivity contribution in [2.45, 2.75) is 16.9 Å². The maximum atomic E-state index is 13.5. The lowest BCUT2D eigenvalue weighted by atomic mass is 10.1. The number of fused-ring (bicyclic) bond motifs is 3. The number of methoxy groups -OCH3 is 1. The van der Waals surface area contributed by atoms with Crippen LogP contribution in [0.2, 0.25) is 0 Å². The summed E-state index contributed by atoms with van der Waals surface area (Å²) in [6, 6.07) is 20.3. The Kier molecular flexibility index (Phi) is 4.98. The van der Waals surface area contributed by atoms with Gasteiger partial charge < -0.3 is 14.8 Å². The van der Waals surface area contributed by atoms with E-state index in [2.05, 4.69) is 5.32 Å². The van der Waals surface area contributed by atoms with Crippen LogP contribution in [0.5, 0.6) is 5.75 Å². The van der Waals surface area contributed by atoms with E-state index in [1.807, 2.05) is 6.07 Å². The van der Waals surface area contributed by atoms with Gasteiger partial charge in [0.05, 0.1) is 17.6 Å². The fourth-order valence-corrected chi connectivity index (χ4v) is 4.91. The summed E-state index contributed by atoms with van der Waals surface area (Å²) in [6.07, 6.45) is 0. The molecule has 0 aromatic heterocycles. The molecule has 29 heavy (non-hydrogen) atoms. The van der Waals surface area contributed by atoms with Gasteiger partial charge in [0.1, 0.15) is 12.4 Å². The molecule has 0 amide bonds. The van der Waals surface area contributed by atoms with Crippen molar-refractivity contribution in [3.05, 3.63) is 89.5 Å². The molecule has 0 saturated carbocycles. The molecule has 1 aliphatic rings. The SMILES string of the molecule is COC(=O)c1ccc(NC2c3ccccc3OCc3cccc(c3)S2(=O)=O)cc1. The van der Waals surface area contributed by atoms with Crippen molar-refractivity contribution in [1.29, 1.82) is 0 Å². The first-order valence-corrected chi connectivity index (χ1v) is 10.5. The van der Waals surface area contributed by atoms with Gasteiger partial charge in [0.25, 0.3) is 0 Å². The van der Waals surface area contributed by atoms with Crippen LogP contribution in [0.4, 0.5) is 5.69 Å². The summed E-state index contributed by atoms with van der Waals surface area (Å²) < 4.78 is 37.6. The average Bonchev–Trinajstić information content (AvgIpc) is 2.78. The van der Waals surface area contributed by atoms with Crippen molar-refractivity contribution in [3.8, 4) is 5.75 Å². The van der Waals surface area contributed by atoms with Crippen molar-refractivity contribution in [2.75, 3.05) is 12.4 Å². The van der Waals surface area contributed by atoms with Gasteiger partial charge in [0, 0.05) is 11.3 Å². The molecule has 0 saturated heterocycles. The molecule has 1 atom stereocenters. The van der Waals surface area contributed by atoms with Crippen LogP contribution in [-0.4, -0.2) is 21.5 Å². The Hall–Kier alpha value is -3.32. The number of anilines is 1. The summed E-state index contributed by atoms with van der Waals surface area (Å²) in [5, 5.41) is 2.04. The van der Waals surface area contributed by atoms with Crippen molar-refractivity contribution < 1.29 is 22.7 Å². The Balaban J connectivity index is 1.80. The molecule has 0 radical (unpaired) electrons. The molecule has 0 aliphatic carbocycles. The largest absolute Gasteiger partial charge is 0.489 e. The monoisotopic (exact) mass is 409 g/mol. The zero-order valence-electron chi connectivity index (χ0n) is 15.7. The third-order valence-electron chi connectivity index (χ3n) is 4.74. The highest BCUT2D eigenvalue weighted by Crippen LogP contribution is 2.37. The molecule has 1 aliphatic heterocycles. The van der Waals surface area contributed by atoms with Crippen molar-refractivity contribution in [1.82, 2.24) is 0 Å². The second-order valence-electron chi connectivity index (χ2n) is 6.61. The molecule has 3 aromatic rings. The Labute approximate surface area is 169 Å². The average molecular weight is 409 g/mol. The zero-order valence-corrected chi connectivity index (χ0v) is 16.5. The van der Waals surface area contributed by atoms with Gasteiger partial charge in [-0.25, -0.2) is 13.2 Å². The zero-order chi connectivity index (χ0) is 20.4. The fourth-order valence-electron chi connectivity index (χ4n) is 3.23. The lowest BCUT2D eigenvalue weighted by Gasteiger charge is -2.22. The fraction of sp³-hybridized carbons (Fsp3) is 0.136. The minimum atomic E-state index is -3.77. The highest BCUT2D eigenvalue weighted by molar-refractivity contribution is 7.91. The molecule has 1 heterocycles. The second-order valence-corrected chi connectivity index (χ2v) is 8.65. The van der Waals surface area contributed by atoms with E-state index in [0.29, 0.717) is 22.6 Å². The minimum Gasteiger partial charge on any atom is -0.489 e. The van der Waals surface area contributed by atoms with E-state index in [-0.39, 0.29) is 11.5 Å². The Morgan fingerprint density at radius 1 is 1.03 bits per heavy atom. The molecule has 3 aromatic carbocycles. The number of hydrogen-bond donors (Lipinski definition) is 1. The van der Waals surface area contributed by atoms with Crippen LogP contribution in [-0.2, 0) is 21.2 Å². The number of esters is 1. The number of rotatable bonds is 3. The highest BCUT2D eigenvalue weighted by Gasteiger charge is 2.32. The number of sulfone groups is 1. The summed E-state index contributed by atoms with van der Waals surface area (Å²) in [6.45, 7) is 0.279. The topological polar surface area (TPSA) is 81.7 Å². The third-order valence-corrected chi connectivity index (χ3v) is 6.64. The van der Waals surface area contributed by atoms with Crippen LogP contribution in [0.3, 0.4) is 0 Å². The first-order chi connectivity index (χ1) is 14.0. The van der Waals surface area contributed by atoms with Crippen LogP contribution in [0.25, 0.3) is 0 Å². The third kappa shape index (κ3) is 3.69. The number of carbonyl (C=O) groups is 1. The Bertz CT molecular complexity index is 1160. The number of benzene rings is 3. The van der Waals surface area contributed by atoms with E-state index >= 15 is 0 Å². The standard InChI is InChI=1S/C22H19NO5S/c1-27-22(24)16-9-11-17(12-10-16)23-21-19-7-2-3-8-20(19)28-14-15-5-4-6-18(13-15)29(21,25)26/h2-13,21,23H,14H2,1H3. The molecular weight excluding hydrogens is 390 g/mol. The van der Waals surface area contributed by atoms with Gasteiger partial charge >= 0.3 is 5.97 Å². The van der Waals surface area contributed by atoms with E-state index < -0.39 is 21.2 Å². The van der Waals surface area contributed by atoms with Crippen LogP contribution < -0.4 is 10.1 Å². The van der Waals surface area contributed by atoms with Crippen molar-refractivity contribution in [2.24, 2.45) is 0 Å². The van der Waals surface area contributed by atoms with Crippen LogP contribution in [0, 0.1) is 0 Å². The number of para-hydroxylation sites is 1. The van der Waals surface area contributed by atoms with E-state index in [9.17, 15) is 13.2 Å². The van der Waals surface area contributed by atoms with Gasteiger partial charge in [0.15, 0.2) is 5.37 Å². The quantitative estimate of drug-likeness (QED) is 0.660. The predicted octanol–water partition coefficient (Wildman–Crippen LogP) is 3.95. The number of nitrogens with one attached hydrogen (secondary N) is 1. The van der Waals surface area contributed by atoms with Crippen molar-refractivity contribution >= 4 is 21.5 Å². The maximum absolute atomic E-state index is 13.5. The first kappa shape index (κ1) is 19.0. The predicted molar refractivity (Wildman–Crippen MR) is 109 cm³/mol. The number of ether oxygens (including phenoxy) is 2. The molecule has 148 valence electrons. The summed E-state index contributed by atoms with van der Waals surface area (Å²) >= 11 is 0. The van der Waals surface area contributed by atoms with Gasteiger partial charge in [-0.15, -0.1) is 0 Å². The first-order valence-electron chi connectivity index (χ1n) is 8.98. The Morgan fingerprint density at radius 2 is 1.79 bits per heavy atom. The molecule has 4 rings (SSSR count). The molecule has 1 unspecified atom stereocenters. The smallest absolute Gasteiger partial charge is 0.337 e. The molecule has 6 nitrogen and oxygen atoms in total. The van der Waals surface area contributed by atoms with Crippen LogP contribution in [0.1, 0.15) is 26.9 Å². The molecular formula is C22H19NO5S. The van der Waals surface area contributed by atoms with E-state index in [4.69, 9.17) is 9.47 Å². The van der Waals surface area contributed by atoms with Crippen molar-refractivity contribution in [3.63, 3.8) is 0 Å². The molecule has 7 heteroatoms. The van der Waals surface area contributed by atoms with E-state index in [1.165, 1.54) is 7.11 Å².